The molecule has 2 rings (SSSR count). The summed E-state index contributed by atoms with van der Waals surface area (Å²) >= 11 is 5.82. The number of rotatable bonds is 4. The average Bonchev–Trinajstić information content (AvgIpc) is 2.83. The molecule has 5 heteroatoms. The molecule has 0 spiro atoms. The van der Waals surface area contributed by atoms with Crippen molar-refractivity contribution in [2.75, 3.05) is 7.05 Å². The van der Waals surface area contributed by atoms with Crippen molar-refractivity contribution in [3.8, 4) is 0 Å². The second-order valence-corrected chi connectivity index (χ2v) is 4.34. The van der Waals surface area contributed by atoms with Gasteiger partial charge in [0.15, 0.2) is 0 Å². The summed E-state index contributed by atoms with van der Waals surface area (Å²) in [5, 5.41) is 7.44. The van der Waals surface area contributed by atoms with Crippen LogP contribution in [0.15, 0.2) is 30.5 Å². The van der Waals surface area contributed by atoms with E-state index >= 15 is 0 Å². The molecule has 96 valence electrons. The highest BCUT2D eigenvalue weighted by atomic mass is 35.5. The zero-order valence-corrected chi connectivity index (χ0v) is 11.1. The largest absolute Gasteiger partial charge is 0.308 e. The van der Waals surface area contributed by atoms with Crippen LogP contribution >= 0.6 is 11.6 Å². The predicted molar refractivity (Wildman–Crippen MR) is 70.2 cm³/mol. The lowest BCUT2D eigenvalue weighted by Gasteiger charge is -2.19. The Morgan fingerprint density at radius 1 is 1.44 bits per heavy atom. The number of nitrogens with zero attached hydrogens (tertiary/aromatic N) is 2. The lowest BCUT2D eigenvalue weighted by molar-refractivity contribution is 0.533. The molecule has 1 atom stereocenters. The molecule has 0 amide bonds. The van der Waals surface area contributed by atoms with Gasteiger partial charge in [0.05, 0.1) is 16.8 Å². The van der Waals surface area contributed by atoms with Crippen molar-refractivity contribution in [1.29, 1.82) is 0 Å². The predicted octanol–water partition coefficient (Wildman–Crippen LogP) is 3.00. The van der Waals surface area contributed by atoms with Crippen molar-refractivity contribution < 1.29 is 4.39 Å². The van der Waals surface area contributed by atoms with E-state index in [1.807, 2.05) is 17.7 Å². The number of benzene rings is 1. The lowest BCUT2D eigenvalue weighted by atomic mass is 10.0. The van der Waals surface area contributed by atoms with Crippen LogP contribution in [0.1, 0.15) is 24.2 Å². The molecule has 0 aliphatic rings. The smallest absolute Gasteiger partial charge is 0.146 e. The van der Waals surface area contributed by atoms with Gasteiger partial charge in [-0.05, 0) is 26.1 Å². The highest BCUT2D eigenvalue weighted by Gasteiger charge is 2.20. The van der Waals surface area contributed by atoms with Crippen LogP contribution < -0.4 is 5.32 Å². The summed E-state index contributed by atoms with van der Waals surface area (Å²) in [5.74, 6) is -0.387. The summed E-state index contributed by atoms with van der Waals surface area (Å²) < 4.78 is 15.9. The first-order valence-electron chi connectivity index (χ1n) is 5.82. The molecule has 0 aliphatic heterocycles. The first kappa shape index (κ1) is 13.1. The van der Waals surface area contributed by atoms with Gasteiger partial charge in [-0.2, -0.15) is 5.10 Å². The van der Waals surface area contributed by atoms with Crippen LogP contribution in [-0.2, 0) is 6.54 Å². The van der Waals surface area contributed by atoms with Crippen LogP contribution in [0.5, 0.6) is 0 Å². The van der Waals surface area contributed by atoms with Gasteiger partial charge in [-0.25, -0.2) is 4.39 Å². The molecule has 18 heavy (non-hydrogen) atoms. The Labute approximate surface area is 111 Å². The van der Waals surface area contributed by atoms with Gasteiger partial charge in [0.1, 0.15) is 5.82 Å². The summed E-state index contributed by atoms with van der Waals surface area (Å²) in [4.78, 5) is 0. The Morgan fingerprint density at radius 3 is 2.89 bits per heavy atom. The van der Waals surface area contributed by atoms with Crippen molar-refractivity contribution in [1.82, 2.24) is 15.1 Å². The highest BCUT2D eigenvalue weighted by molar-refractivity contribution is 6.30. The molecule has 1 unspecified atom stereocenters. The van der Waals surface area contributed by atoms with E-state index in [4.69, 9.17) is 11.6 Å². The topological polar surface area (TPSA) is 29.9 Å². The number of hydrogen-bond donors (Lipinski definition) is 1. The van der Waals surface area contributed by atoms with E-state index in [-0.39, 0.29) is 16.9 Å². The molecule has 0 saturated heterocycles. The summed E-state index contributed by atoms with van der Waals surface area (Å²) in [5.41, 5.74) is 1.45. The SMILES string of the molecule is CCn1nccc1C(NC)c1cccc(Cl)c1F. The van der Waals surface area contributed by atoms with Crippen molar-refractivity contribution in [2.24, 2.45) is 0 Å². The summed E-state index contributed by atoms with van der Waals surface area (Å²) in [6.07, 6.45) is 1.71. The molecule has 0 bridgehead atoms. The lowest BCUT2D eigenvalue weighted by Crippen LogP contribution is -2.22. The van der Waals surface area contributed by atoms with Crippen molar-refractivity contribution in [3.63, 3.8) is 0 Å². The molecule has 1 N–H and O–H groups in total. The molecule has 0 aliphatic carbocycles. The maximum atomic E-state index is 14.1. The molecule has 1 aromatic heterocycles. The number of halogens is 2. The second-order valence-electron chi connectivity index (χ2n) is 3.94. The van der Waals surface area contributed by atoms with E-state index in [0.29, 0.717) is 5.56 Å². The number of aromatic nitrogens is 2. The molecule has 3 nitrogen and oxygen atoms in total. The number of hydrogen-bond acceptors (Lipinski definition) is 2. The maximum absolute atomic E-state index is 14.1. The average molecular weight is 268 g/mol. The number of nitrogens with one attached hydrogen (secondary N) is 1. The van der Waals surface area contributed by atoms with Gasteiger partial charge in [-0.15, -0.1) is 0 Å². The molecule has 0 radical (unpaired) electrons. The summed E-state index contributed by atoms with van der Waals surface area (Å²) in [6.45, 7) is 2.74. The molecule has 2 aromatic rings. The van der Waals surface area contributed by atoms with E-state index in [1.165, 1.54) is 0 Å². The van der Waals surface area contributed by atoms with E-state index in [9.17, 15) is 4.39 Å². The van der Waals surface area contributed by atoms with E-state index < -0.39 is 0 Å². The first-order chi connectivity index (χ1) is 8.69. The molecule has 0 saturated carbocycles. The fourth-order valence-electron chi connectivity index (χ4n) is 2.06. The van der Waals surface area contributed by atoms with E-state index in [0.717, 1.165) is 12.2 Å². The highest BCUT2D eigenvalue weighted by Crippen LogP contribution is 2.27. The monoisotopic (exact) mass is 267 g/mol. The summed E-state index contributed by atoms with van der Waals surface area (Å²) in [6, 6.07) is 6.65. The minimum atomic E-state index is -0.387. The Kier molecular flexibility index (Phi) is 3.99. The van der Waals surface area contributed by atoms with Crippen LogP contribution in [0.25, 0.3) is 0 Å². The molecule has 1 aromatic carbocycles. The standard InChI is InChI=1S/C13H15ClFN3/c1-3-18-11(7-8-17-18)13(16-2)9-5-4-6-10(14)12(9)15/h4-8,13,16H,3H2,1-2H3. The van der Waals surface area contributed by atoms with Crippen LogP contribution in [0, 0.1) is 5.82 Å². The van der Waals surface area contributed by atoms with Crippen molar-refractivity contribution in [2.45, 2.75) is 19.5 Å². The van der Waals surface area contributed by atoms with Crippen molar-refractivity contribution >= 4 is 11.6 Å². The van der Waals surface area contributed by atoms with Gasteiger partial charge in [0, 0.05) is 18.3 Å². The van der Waals surface area contributed by atoms with E-state index in [2.05, 4.69) is 10.4 Å². The zero-order valence-electron chi connectivity index (χ0n) is 10.3. The third-order valence-electron chi connectivity index (χ3n) is 2.93. The first-order valence-corrected chi connectivity index (χ1v) is 6.19. The molecule has 1 heterocycles. The Balaban J connectivity index is 2.49. The second kappa shape index (κ2) is 5.50. The minimum absolute atomic E-state index is 0.135. The zero-order chi connectivity index (χ0) is 13.1. The quantitative estimate of drug-likeness (QED) is 0.923. The fraction of sp³-hybridized carbons (Fsp3) is 0.308. The van der Waals surface area contributed by atoms with Gasteiger partial charge < -0.3 is 5.32 Å². The van der Waals surface area contributed by atoms with Gasteiger partial charge in [-0.1, -0.05) is 23.7 Å². The Bertz CT molecular complexity index is 539. The van der Waals surface area contributed by atoms with Gasteiger partial charge in [0.25, 0.3) is 0 Å². The summed E-state index contributed by atoms with van der Waals surface area (Å²) in [7, 11) is 1.79. The van der Waals surface area contributed by atoms with Gasteiger partial charge in [0.2, 0.25) is 0 Å². The van der Waals surface area contributed by atoms with Crippen LogP contribution in [0.3, 0.4) is 0 Å². The Morgan fingerprint density at radius 2 is 2.22 bits per heavy atom. The Hall–Kier alpha value is -1.39. The maximum Gasteiger partial charge on any atom is 0.146 e. The van der Waals surface area contributed by atoms with Gasteiger partial charge >= 0.3 is 0 Å². The van der Waals surface area contributed by atoms with Crippen LogP contribution in [-0.4, -0.2) is 16.8 Å². The molecule has 0 fully saturated rings. The van der Waals surface area contributed by atoms with E-state index in [1.54, 1.807) is 31.4 Å². The van der Waals surface area contributed by atoms with Crippen LogP contribution in [0.2, 0.25) is 5.02 Å². The minimum Gasteiger partial charge on any atom is -0.308 e. The van der Waals surface area contributed by atoms with Gasteiger partial charge in [-0.3, -0.25) is 4.68 Å². The fourth-order valence-corrected chi connectivity index (χ4v) is 2.24. The molecular formula is C13H15ClFN3. The number of aryl methyl sites for hydroxylation is 1. The normalized spacial score (nSPS) is 12.7. The van der Waals surface area contributed by atoms with Crippen LogP contribution in [0.4, 0.5) is 4.39 Å². The third kappa shape index (κ3) is 2.26. The third-order valence-corrected chi connectivity index (χ3v) is 3.22. The van der Waals surface area contributed by atoms with Crippen molar-refractivity contribution in [3.05, 3.63) is 52.6 Å². The molecular weight excluding hydrogens is 253 g/mol.